The molecule has 240 valence electrons. The van der Waals surface area contributed by atoms with Crippen molar-refractivity contribution in [3.8, 4) is 22.9 Å². The van der Waals surface area contributed by atoms with Gasteiger partial charge in [0, 0.05) is 7.11 Å². The highest BCUT2D eigenvalue weighted by molar-refractivity contribution is 6.37. The summed E-state index contributed by atoms with van der Waals surface area (Å²) in [5.41, 5.74) is 1.19. The van der Waals surface area contributed by atoms with Crippen LogP contribution < -0.4 is 4.74 Å². The number of ether oxygens (including phenoxy) is 5. The monoisotopic (exact) mass is 660 g/mol. The smallest absolute Gasteiger partial charge is 0.317 e. The van der Waals surface area contributed by atoms with Crippen LogP contribution in [0, 0.1) is 0 Å². The molecule has 0 saturated carbocycles. The molecular weight excluding hydrogens is 627 g/mol. The van der Waals surface area contributed by atoms with E-state index in [2.05, 4.69) is 10.1 Å². The van der Waals surface area contributed by atoms with E-state index in [4.69, 9.17) is 51.7 Å². The third-order valence-electron chi connectivity index (χ3n) is 6.05. The number of aromatic hydroxyl groups is 1. The van der Waals surface area contributed by atoms with Crippen molar-refractivity contribution in [2.45, 2.75) is 6.54 Å². The van der Waals surface area contributed by atoms with E-state index in [1.54, 1.807) is 7.11 Å². The normalized spacial score (nSPS) is 11.1. The van der Waals surface area contributed by atoms with E-state index in [0.29, 0.717) is 56.8 Å². The lowest BCUT2D eigenvalue weighted by Gasteiger charge is -2.21. The highest BCUT2D eigenvalue weighted by Gasteiger charge is 2.22. The Bertz CT molecular complexity index is 1450. The first-order valence-corrected chi connectivity index (χ1v) is 14.8. The second-order valence-electron chi connectivity index (χ2n) is 9.33. The summed E-state index contributed by atoms with van der Waals surface area (Å²) in [4.78, 5) is 23.5. The molecule has 0 unspecified atom stereocenters. The zero-order valence-corrected chi connectivity index (χ0v) is 26.2. The number of halogens is 2. The minimum Gasteiger partial charge on any atom is -0.505 e. The summed E-state index contributed by atoms with van der Waals surface area (Å²) < 4.78 is 28.5. The SMILES string of the molecule is COCCOCCOCCOCCON(Cc1ccc(Oc2ccccc2)cc1)C(=O)c1ncn(-c2cc(Cl)c(O)c(Cl)c2)n1. The molecule has 4 rings (SSSR count). The number of carbonyl (C=O) groups excluding carboxylic acids is 1. The Hall–Kier alpha value is -3.75. The summed E-state index contributed by atoms with van der Waals surface area (Å²) in [7, 11) is 1.62. The second kappa shape index (κ2) is 18.3. The van der Waals surface area contributed by atoms with Gasteiger partial charge in [-0.3, -0.25) is 9.63 Å². The zero-order valence-electron chi connectivity index (χ0n) is 24.6. The van der Waals surface area contributed by atoms with E-state index in [1.165, 1.54) is 28.2 Å². The van der Waals surface area contributed by atoms with E-state index >= 15 is 0 Å². The molecule has 1 heterocycles. The lowest BCUT2D eigenvalue weighted by atomic mass is 10.2. The van der Waals surface area contributed by atoms with Gasteiger partial charge in [-0.1, -0.05) is 53.5 Å². The number of aromatic nitrogens is 3. The molecule has 0 aliphatic rings. The number of methoxy groups -OCH3 is 1. The lowest BCUT2D eigenvalue weighted by molar-refractivity contribution is -0.143. The summed E-state index contributed by atoms with van der Waals surface area (Å²) in [6.45, 7) is 3.12. The van der Waals surface area contributed by atoms with Crippen molar-refractivity contribution < 1.29 is 38.4 Å². The van der Waals surface area contributed by atoms with E-state index in [-0.39, 0.29) is 41.4 Å². The molecule has 0 aliphatic carbocycles. The van der Waals surface area contributed by atoms with E-state index in [9.17, 15) is 9.90 Å². The van der Waals surface area contributed by atoms with E-state index in [0.717, 1.165) is 5.56 Å². The number of phenols is 1. The van der Waals surface area contributed by atoms with Crippen LogP contribution in [0.15, 0.2) is 73.1 Å². The number of hydrogen-bond acceptors (Lipinski definition) is 10. The molecule has 0 saturated heterocycles. The average molecular weight is 662 g/mol. The molecular formula is C31H34Cl2N4O8. The van der Waals surface area contributed by atoms with Gasteiger partial charge in [-0.25, -0.2) is 14.7 Å². The Morgan fingerprint density at radius 1 is 0.822 bits per heavy atom. The molecule has 1 N–H and O–H groups in total. The molecule has 14 heteroatoms. The molecule has 4 aromatic rings. The number of rotatable bonds is 19. The molecule has 0 atom stereocenters. The van der Waals surface area contributed by atoms with Crippen molar-refractivity contribution in [1.82, 2.24) is 19.8 Å². The fraction of sp³-hybridized carbons (Fsp3) is 0.323. The van der Waals surface area contributed by atoms with Gasteiger partial charge in [0.1, 0.15) is 17.8 Å². The van der Waals surface area contributed by atoms with Crippen LogP contribution in [0.3, 0.4) is 0 Å². The van der Waals surface area contributed by atoms with Gasteiger partial charge < -0.3 is 28.8 Å². The number of amides is 1. The Labute approximate surface area is 270 Å². The van der Waals surface area contributed by atoms with Crippen LogP contribution in [-0.4, -0.2) is 90.8 Å². The van der Waals surface area contributed by atoms with Crippen LogP contribution in [0.4, 0.5) is 0 Å². The van der Waals surface area contributed by atoms with Crippen molar-refractivity contribution in [3.63, 3.8) is 0 Å². The Kier molecular flexibility index (Phi) is 13.9. The summed E-state index contributed by atoms with van der Waals surface area (Å²) >= 11 is 12.1. The van der Waals surface area contributed by atoms with E-state index in [1.807, 2.05) is 54.6 Å². The maximum absolute atomic E-state index is 13.5. The Balaban J connectivity index is 1.35. The molecule has 0 radical (unpaired) electrons. The molecule has 1 aromatic heterocycles. The van der Waals surface area contributed by atoms with E-state index < -0.39 is 5.91 Å². The first-order valence-electron chi connectivity index (χ1n) is 14.0. The lowest BCUT2D eigenvalue weighted by Crippen LogP contribution is -2.33. The standard InChI is InChI=1S/C31H34Cl2N4O8/c1-40-11-12-41-13-14-42-15-16-43-17-18-44-37(21-23-7-9-26(10-8-23)45-25-5-3-2-4-6-25)31(39)30-34-22-36(35-30)24-19-27(32)29(38)28(33)20-24/h2-10,19-20,22,38H,11-18,21H2,1H3. The van der Waals surface area contributed by atoms with Crippen LogP contribution in [-0.2, 0) is 30.3 Å². The number of para-hydroxylation sites is 1. The highest BCUT2D eigenvalue weighted by atomic mass is 35.5. The van der Waals surface area contributed by atoms with Gasteiger partial charge in [-0.05, 0) is 42.0 Å². The van der Waals surface area contributed by atoms with Crippen LogP contribution >= 0.6 is 23.2 Å². The van der Waals surface area contributed by atoms with Gasteiger partial charge >= 0.3 is 5.91 Å². The fourth-order valence-electron chi connectivity index (χ4n) is 3.80. The first kappa shape index (κ1) is 34.1. The molecule has 0 spiro atoms. The third-order valence-corrected chi connectivity index (χ3v) is 6.63. The topological polar surface area (TPSA) is 127 Å². The average Bonchev–Trinajstić information content (AvgIpc) is 3.55. The number of nitrogens with zero attached hydrogens (tertiary/aromatic N) is 4. The second-order valence-corrected chi connectivity index (χ2v) is 10.1. The summed E-state index contributed by atoms with van der Waals surface area (Å²) in [6, 6.07) is 19.6. The summed E-state index contributed by atoms with van der Waals surface area (Å²) in [6.07, 6.45) is 1.34. The van der Waals surface area contributed by atoms with Gasteiger partial charge in [-0.15, -0.1) is 5.10 Å². The molecule has 0 fully saturated rings. The number of hydroxylamine groups is 2. The van der Waals surface area contributed by atoms with Crippen LogP contribution in [0.25, 0.3) is 5.69 Å². The molecule has 1 amide bonds. The predicted octanol–water partition coefficient (Wildman–Crippen LogP) is 5.34. The fourth-order valence-corrected chi connectivity index (χ4v) is 4.28. The van der Waals surface area contributed by atoms with Gasteiger partial charge in [0.15, 0.2) is 5.75 Å². The van der Waals surface area contributed by atoms with Crippen LogP contribution in [0.2, 0.25) is 10.0 Å². The Morgan fingerprint density at radius 2 is 1.40 bits per heavy atom. The van der Waals surface area contributed by atoms with Crippen LogP contribution in [0.1, 0.15) is 16.2 Å². The van der Waals surface area contributed by atoms with Crippen molar-refractivity contribution in [2.75, 3.05) is 60.0 Å². The molecule has 45 heavy (non-hydrogen) atoms. The number of carbonyl (C=O) groups is 1. The number of hydrogen-bond donors (Lipinski definition) is 1. The van der Waals surface area contributed by atoms with Gasteiger partial charge in [0.25, 0.3) is 0 Å². The third kappa shape index (κ3) is 11.0. The zero-order chi connectivity index (χ0) is 31.9. The maximum atomic E-state index is 13.5. The van der Waals surface area contributed by atoms with Crippen molar-refractivity contribution >= 4 is 29.1 Å². The maximum Gasteiger partial charge on any atom is 0.317 e. The van der Waals surface area contributed by atoms with Crippen molar-refractivity contribution in [2.24, 2.45) is 0 Å². The molecule has 0 aliphatic heterocycles. The highest BCUT2D eigenvalue weighted by Crippen LogP contribution is 2.33. The molecule has 12 nitrogen and oxygen atoms in total. The van der Waals surface area contributed by atoms with Gasteiger partial charge in [-0.2, -0.15) is 0 Å². The quantitative estimate of drug-likeness (QED) is 0.104. The molecule has 3 aromatic carbocycles. The number of phenolic OH excluding ortho intramolecular Hbond substituents is 1. The van der Waals surface area contributed by atoms with Gasteiger partial charge in [0.2, 0.25) is 5.82 Å². The minimum atomic E-state index is -0.578. The Morgan fingerprint density at radius 3 is 2.02 bits per heavy atom. The van der Waals surface area contributed by atoms with Gasteiger partial charge in [0.05, 0.1) is 75.1 Å². The first-order chi connectivity index (χ1) is 21.9. The van der Waals surface area contributed by atoms with Crippen molar-refractivity contribution in [1.29, 1.82) is 0 Å². The summed E-state index contributed by atoms with van der Waals surface area (Å²) in [5.74, 6) is 0.406. The van der Waals surface area contributed by atoms with Crippen molar-refractivity contribution in [3.05, 3.63) is 94.5 Å². The molecule has 0 bridgehead atoms. The largest absolute Gasteiger partial charge is 0.505 e. The number of benzene rings is 3. The summed E-state index contributed by atoms with van der Waals surface area (Å²) in [5, 5.41) is 15.4. The minimum absolute atomic E-state index is 0.0336. The predicted molar refractivity (Wildman–Crippen MR) is 166 cm³/mol. The van der Waals surface area contributed by atoms with Crippen LogP contribution in [0.5, 0.6) is 17.2 Å².